The molecule has 1 saturated heterocycles. The molecule has 3 aromatic heterocycles. The molecule has 35 heavy (non-hydrogen) atoms. The van der Waals surface area contributed by atoms with Crippen LogP contribution in [-0.2, 0) is 10.2 Å². The molecule has 5 rings (SSSR count). The summed E-state index contributed by atoms with van der Waals surface area (Å²) in [6.07, 6.45) is 3.30. The smallest absolute Gasteiger partial charge is 0.234 e. The van der Waals surface area contributed by atoms with Gasteiger partial charge in [-0.05, 0) is 26.0 Å². The Morgan fingerprint density at radius 3 is 2.57 bits per heavy atom. The second-order valence-corrected chi connectivity index (χ2v) is 9.03. The zero-order valence-corrected chi connectivity index (χ0v) is 19.7. The number of carbonyl (C=O) groups excluding carboxylic acids is 1. The van der Waals surface area contributed by atoms with E-state index >= 15 is 0 Å². The van der Waals surface area contributed by atoms with E-state index in [4.69, 9.17) is 15.2 Å². The Labute approximate surface area is 203 Å². The van der Waals surface area contributed by atoms with Gasteiger partial charge < -0.3 is 20.5 Å². The number of benzene rings is 1. The Morgan fingerprint density at radius 1 is 1.03 bits per heavy atom. The van der Waals surface area contributed by atoms with Gasteiger partial charge in [-0.1, -0.05) is 35.5 Å². The van der Waals surface area contributed by atoms with E-state index in [0.717, 1.165) is 24.2 Å². The van der Waals surface area contributed by atoms with Crippen LogP contribution in [0.15, 0.2) is 65.4 Å². The van der Waals surface area contributed by atoms with E-state index in [-0.39, 0.29) is 11.7 Å². The highest BCUT2D eigenvalue weighted by Crippen LogP contribution is 2.31. The maximum atomic E-state index is 13.3. The number of hydrogen-bond acceptors (Lipinski definition) is 8. The van der Waals surface area contributed by atoms with E-state index in [1.165, 1.54) is 0 Å². The molecule has 1 aliphatic heterocycles. The van der Waals surface area contributed by atoms with E-state index in [1.807, 2.05) is 61.2 Å². The van der Waals surface area contributed by atoms with Crippen molar-refractivity contribution in [1.29, 1.82) is 0 Å². The lowest BCUT2D eigenvalue weighted by molar-refractivity contribution is -0.137. The zero-order chi connectivity index (χ0) is 24.4. The minimum atomic E-state index is -0.785. The van der Waals surface area contributed by atoms with Crippen molar-refractivity contribution in [3.63, 3.8) is 0 Å². The maximum Gasteiger partial charge on any atom is 0.234 e. The van der Waals surface area contributed by atoms with Gasteiger partial charge in [0.05, 0.1) is 23.0 Å². The van der Waals surface area contributed by atoms with Crippen LogP contribution in [0.3, 0.4) is 0 Å². The third-order valence-electron chi connectivity index (χ3n) is 6.25. The first-order valence-corrected chi connectivity index (χ1v) is 11.6. The molecule has 0 radical (unpaired) electrons. The van der Waals surface area contributed by atoms with Crippen LogP contribution in [0, 0.1) is 0 Å². The molecule has 4 aromatic rings. The molecule has 1 amide bonds. The summed E-state index contributed by atoms with van der Waals surface area (Å²) in [7, 11) is 0. The largest absolute Gasteiger partial charge is 0.382 e. The third kappa shape index (κ3) is 4.50. The number of nitrogens with one attached hydrogen (secondary N) is 1. The van der Waals surface area contributed by atoms with Gasteiger partial charge in [0.15, 0.2) is 17.3 Å². The Hall–Kier alpha value is -4.11. The van der Waals surface area contributed by atoms with Crippen LogP contribution >= 0.6 is 0 Å². The van der Waals surface area contributed by atoms with Crippen molar-refractivity contribution in [3.8, 4) is 34.0 Å². The standard InChI is InChI=1S/C26H27N7O2/c1-26(2,25(34)33-12-10-28-11-13-33)22-14-18(8-9-29-22)20-16-30-24(27)23(31-20)21-15-19(32-35-21)17-6-4-3-5-7-17/h3-9,14-16,28H,10-13H2,1-2H3,(H2,27,30). The van der Waals surface area contributed by atoms with Crippen LogP contribution in [0.25, 0.3) is 34.0 Å². The number of nitrogen functional groups attached to an aromatic ring is 1. The van der Waals surface area contributed by atoms with Gasteiger partial charge in [0.1, 0.15) is 5.69 Å². The molecule has 0 aliphatic carbocycles. The first-order chi connectivity index (χ1) is 16.9. The van der Waals surface area contributed by atoms with E-state index < -0.39 is 5.41 Å². The van der Waals surface area contributed by atoms with Gasteiger partial charge in [0.2, 0.25) is 5.91 Å². The lowest BCUT2D eigenvalue weighted by Crippen LogP contribution is -2.52. The summed E-state index contributed by atoms with van der Waals surface area (Å²) in [5.74, 6) is 0.732. The Morgan fingerprint density at radius 2 is 1.80 bits per heavy atom. The summed E-state index contributed by atoms with van der Waals surface area (Å²) < 4.78 is 5.55. The predicted octanol–water partition coefficient (Wildman–Crippen LogP) is 3.15. The van der Waals surface area contributed by atoms with Crippen molar-refractivity contribution in [1.82, 2.24) is 30.3 Å². The molecule has 178 valence electrons. The Bertz CT molecular complexity index is 1340. The first kappa shape index (κ1) is 22.7. The molecule has 4 heterocycles. The summed E-state index contributed by atoms with van der Waals surface area (Å²) in [5.41, 5.74) is 9.44. The molecule has 9 heteroatoms. The molecule has 0 unspecified atom stereocenters. The van der Waals surface area contributed by atoms with E-state index in [2.05, 4.69) is 20.4 Å². The van der Waals surface area contributed by atoms with Crippen molar-refractivity contribution in [2.75, 3.05) is 31.9 Å². The summed E-state index contributed by atoms with van der Waals surface area (Å²) in [6, 6.07) is 15.3. The number of nitrogens with zero attached hydrogens (tertiary/aromatic N) is 5. The minimum absolute atomic E-state index is 0.0582. The molecule has 0 saturated carbocycles. The lowest BCUT2D eigenvalue weighted by Gasteiger charge is -2.34. The lowest BCUT2D eigenvalue weighted by atomic mass is 9.86. The van der Waals surface area contributed by atoms with Crippen molar-refractivity contribution in [2.45, 2.75) is 19.3 Å². The zero-order valence-electron chi connectivity index (χ0n) is 19.7. The molecule has 9 nitrogen and oxygen atoms in total. The fourth-order valence-corrected chi connectivity index (χ4v) is 4.16. The SMILES string of the molecule is CC(C)(C(=O)N1CCNCC1)c1cc(-c2cnc(N)c(-c3cc(-c4ccccc4)no3)n2)ccn1. The molecular weight excluding hydrogens is 442 g/mol. The van der Waals surface area contributed by atoms with Crippen LogP contribution in [0.1, 0.15) is 19.5 Å². The number of pyridine rings is 1. The van der Waals surface area contributed by atoms with Crippen molar-refractivity contribution in [2.24, 2.45) is 0 Å². The fraction of sp³-hybridized carbons (Fsp3) is 0.269. The van der Waals surface area contributed by atoms with Gasteiger partial charge in [-0.3, -0.25) is 9.78 Å². The molecule has 3 N–H and O–H groups in total. The fourth-order valence-electron chi connectivity index (χ4n) is 4.16. The van der Waals surface area contributed by atoms with E-state index in [9.17, 15) is 4.79 Å². The van der Waals surface area contributed by atoms with E-state index in [0.29, 0.717) is 41.6 Å². The Balaban J connectivity index is 1.46. The number of nitrogens with two attached hydrogens (primary N) is 1. The second kappa shape index (κ2) is 9.27. The number of hydrogen-bond donors (Lipinski definition) is 2. The van der Waals surface area contributed by atoms with Crippen molar-refractivity contribution < 1.29 is 9.32 Å². The van der Waals surface area contributed by atoms with Gasteiger partial charge in [0, 0.05) is 49.6 Å². The van der Waals surface area contributed by atoms with Gasteiger partial charge >= 0.3 is 0 Å². The monoisotopic (exact) mass is 469 g/mol. The van der Waals surface area contributed by atoms with Gasteiger partial charge in [-0.15, -0.1) is 0 Å². The predicted molar refractivity (Wildman–Crippen MR) is 133 cm³/mol. The molecule has 1 aromatic carbocycles. The Kier molecular flexibility index (Phi) is 6.00. The number of rotatable bonds is 5. The van der Waals surface area contributed by atoms with Crippen LogP contribution in [0.2, 0.25) is 0 Å². The highest BCUT2D eigenvalue weighted by molar-refractivity contribution is 5.87. The van der Waals surface area contributed by atoms with Crippen LogP contribution in [0.4, 0.5) is 5.82 Å². The first-order valence-electron chi connectivity index (χ1n) is 11.6. The van der Waals surface area contributed by atoms with Gasteiger partial charge in [-0.25, -0.2) is 9.97 Å². The van der Waals surface area contributed by atoms with Gasteiger partial charge in [-0.2, -0.15) is 0 Å². The summed E-state index contributed by atoms with van der Waals surface area (Å²) in [4.78, 5) is 28.7. The average Bonchev–Trinajstić information content (AvgIpc) is 3.40. The second-order valence-electron chi connectivity index (χ2n) is 9.03. The number of piperazine rings is 1. The van der Waals surface area contributed by atoms with Crippen LogP contribution in [-0.4, -0.2) is 57.1 Å². The molecule has 0 atom stereocenters. The topological polar surface area (TPSA) is 123 Å². The molecule has 1 fully saturated rings. The molecular formula is C26H27N7O2. The highest BCUT2D eigenvalue weighted by atomic mass is 16.5. The minimum Gasteiger partial charge on any atom is -0.382 e. The van der Waals surface area contributed by atoms with Crippen molar-refractivity contribution in [3.05, 3.63) is 66.6 Å². The molecule has 1 aliphatic rings. The number of carbonyl (C=O) groups is 1. The molecule has 0 bridgehead atoms. The van der Waals surface area contributed by atoms with Crippen molar-refractivity contribution >= 4 is 11.7 Å². The number of amides is 1. The van der Waals surface area contributed by atoms with Crippen LogP contribution < -0.4 is 11.1 Å². The summed E-state index contributed by atoms with van der Waals surface area (Å²) in [5, 5.41) is 7.44. The highest BCUT2D eigenvalue weighted by Gasteiger charge is 2.35. The third-order valence-corrected chi connectivity index (χ3v) is 6.25. The summed E-state index contributed by atoms with van der Waals surface area (Å²) in [6.45, 7) is 6.79. The number of anilines is 1. The van der Waals surface area contributed by atoms with E-state index in [1.54, 1.807) is 18.5 Å². The quantitative estimate of drug-likeness (QED) is 0.457. The molecule has 0 spiro atoms. The number of aromatic nitrogens is 4. The summed E-state index contributed by atoms with van der Waals surface area (Å²) >= 11 is 0. The normalized spacial score (nSPS) is 14.2. The van der Waals surface area contributed by atoms with Gasteiger partial charge in [0.25, 0.3) is 0 Å². The van der Waals surface area contributed by atoms with Crippen LogP contribution in [0.5, 0.6) is 0 Å². The maximum absolute atomic E-state index is 13.3. The average molecular weight is 470 g/mol.